The van der Waals surface area contributed by atoms with E-state index in [9.17, 15) is 8.42 Å². The van der Waals surface area contributed by atoms with Crippen molar-refractivity contribution in [3.8, 4) is 0 Å². The van der Waals surface area contributed by atoms with Gasteiger partial charge in [0.05, 0.1) is 11.4 Å². The highest BCUT2D eigenvalue weighted by atomic mass is 32.2. The molecule has 104 valence electrons. The molecule has 19 heavy (non-hydrogen) atoms. The van der Waals surface area contributed by atoms with E-state index in [1.807, 2.05) is 13.1 Å². The van der Waals surface area contributed by atoms with Crippen LogP contribution in [0.15, 0.2) is 22.5 Å². The Balaban J connectivity index is 2.24. The minimum Gasteiger partial charge on any atom is -0.315 e. The summed E-state index contributed by atoms with van der Waals surface area (Å²) in [5, 5.41) is 7.10. The van der Waals surface area contributed by atoms with Crippen molar-refractivity contribution in [1.82, 2.24) is 15.1 Å². The molecule has 2 heterocycles. The predicted molar refractivity (Wildman–Crippen MR) is 75.8 cm³/mol. The van der Waals surface area contributed by atoms with Crippen LogP contribution in [-0.4, -0.2) is 25.2 Å². The van der Waals surface area contributed by atoms with E-state index in [1.165, 1.54) is 11.3 Å². The number of anilines is 1. The summed E-state index contributed by atoms with van der Waals surface area (Å²) in [5.74, 6) is 0. The van der Waals surface area contributed by atoms with Gasteiger partial charge in [-0.1, -0.05) is 0 Å². The van der Waals surface area contributed by atoms with Crippen LogP contribution in [0.5, 0.6) is 0 Å². The SMILES string of the molecule is CNCc1ccc(S(=O)(=O)Nc2cn(C)nc2C)s1. The molecule has 0 spiro atoms. The molecule has 0 bridgehead atoms. The van der Waals surface area contributed by atoms with Gasteiger partial charge in [-0.3, -0.25) is 9.40 Å². The summed E-state index contributed by atoms with van der Waals surface area (Å²) in [7, 11) is 0.0429. The van der Waals surface area contributed by atoms with Gasteiger partial charge in [-0.25, -0.2) is 8.42 Å². The van der Waals surface area contributed by atoms with E-state index in [0.29, 0.717) is 22.1 Å². The minimum atomic E-state index is -3.53. The van der Waals surface area contributed by atoms with Crippen LogP contribution in [0.25, 0.3) is 0 Å². The maximum Gasteiger partial charge on any atom is 0.271 e. The summed E-state index contributed by atoms with van der Waals surface area (Å²) in [6, 6.07) is 3.43. The molecule has 0 aromatic carbocycles. The van der Waals surface area contributed by atoms with Gasteiger partial charge < -0.3 is 5.32 Å². The zero-order valence-electron chi connectivity index (χ0n) is 11.0. The topological polar surface area (TPSA) is 76.0 Å². The summed E-state index contributed by atoms with van der Waals surface area (Å²) in [6.45, 7) is 2.42. The van der Waals surface area contributed by atoms with Crippen LogP contribution in [0.3, 0.4) is 0 Å². The Morgan fingerprint density at radius 3 is 2.74 bits per heavy atom. The number of hydrogen-bond donors (Lipinski definition) is 2. The number of nitrogens with one attached hydrogen (secondary N) is 2. The fraction of sp³-hybridized carbons (Fsp3) is 0.364. The standard InChI is InChI=1S/C11H16N4O2S2/c1-8-10(7-15(3)13-8)14-19(16,17)11-5-4-9(18-11)6-12-2/h4-5,7,12,14H,6H2,1-3H3. The third-order valence-electron chi connectivity index (χ3n) is 2.51. The van der Waals surface area contributed by atoms with Crippen molar-refractivity contribution in [1.29, 1.82) is 0 Å². The first-order valence-corrected chi connectivity index (χ1v) is 7.98. The highest BCUT2D eigenvalue weighted by Crippen LogP contribution is 2.24. The highest BCUT2D eigenvalue weighted by Gasteiger charge is 2.18. The third kappa shape index (κ3) is 3.14. The molecule has 0 saturated heterocycles. The van der Waals surface area contributed by atoms with Crippen molar-refractivity contribution in [3.63, 3.8) is 0 Å². The van der Waals surface area contributed by atoms with Crippen LogP contribution < -0.4 is 10.0 Å². The summed E-state index contributed by atoms with van der Waals surface area (Å²) in [4.78, 5) is 0.978. The molecule has 6 nitrogen and oxygen atoms in total. The van der Waals surface area contributed by atoms with Gasteiger partial charge in [0, 0.05) is 24.7 Å². The Hall–Kier alpha value is -1.38. The quantitative estimate of drug-likeness (QED) is 0.873. The third-order valence-corrected chi connectivity index (χ3v) is 5.45. The number of nitrogens with zero attached hydrogens (tertiary/aromatic N) is 2. The summed E-state index contributed by atoms with van der Waals surface area (Å²) < 4.78 is 28.9. The molecule has 0 fully saturated rings. The number of aryl methyl sites for hydroxylation is 2. The second kappa shape index (κ2) is 5.32. The lowest BCUT2D eigenvalue weighted by Gasteiger charge is -2.04. The van der Waals surface area contributed by atoms with Gasteiger partial charge in [-0.15, -0.1) is 11.3 Å². The average molecular weight is 300 g/mol. The van der Waals surface area contributed by atoms with E-state index in [4.69, 9.17) is 0 Å². The molecule has 0 radical (unpaired) electrons. The molecule has 0 aliphatic heterocycles. The Morgan fingerprint density at radius 1 is 1.42 bits per heavy atom. The van der Waals surface area contributed by atoms with Gasteiger partial charge in [0.25, 0.3) is 10.0 Å². The van der Waals surface area contributed by atoms with Crippen molar-refractivity contribution < 1.29 is 8.42 Å². The molecule has 0 amide bonds. The summed E-state index contributed by atoms with van der Waals surface area (Å²) in [5.41, 5.74) is 1.16. The number of sulfonamides is 1. The lowest BCUT2D eigenvalue weighted by molar-refractivity contribution is 0.603. The lowest BCUT2D eigenvalue weighted by Crippen LogP contribution is -2.11. The van der Waals surface area contributed by atoms with Crippen molar-refractivity contribution in [2.24, 2.45) is 7.05 Å². The fourth-order valence-corrected chi connectivity index (χ4v) is 4.14. The molecule has 2 aromatic heterocycles. The van der Waals surface area contributed by atoms with E-state index < -0.39 is 10.0 Å². The summed E-state index contributed by atoms with van der Waals surface area (Å²) >= 11 is 1.26. The molecule has 2 aromatic rings. The lowest BCUT2D eigenvalue weighted by atomic mass is 10.4. The average Bonchev–Trinajstić information content (AvgIpc) is 2.87. The Morgan fingerprint density at radius 2 is 2.16 bits per heavy atom. The monoisotopic (exact) mass is 300 g/mol. The van der Waals surface area contributed by atoms with Gasteiger partial charge in [0.1, 0.15) is 4.21 Å². The summed E-state index contributed by atoms with van der Waals surface area (Å²) in [6.07, 6.45) is 1.65. The molecule has 8 heteroatoms. The van der Waals surface area contributed by atoms with Gasteiger partial charge in [-0.2, -0.15) is 5.10 Å². The molecule has 0 unspecified atom stereocenters. The van der Waals surface area contributed by atoms with Gasteiger partial charge in [-0.05, 0) is 26.1 Å². The Kier molecular flexibility index (Phi) is 3.93. The van der Waals surface area contributed by atoms with Crippen LogP contribution in [0.4, 0.5) is 5.69 Å². The highest BCUT2D eigenvalue weighted by molar-refractivity contribution is 7.94. The number of rotatable bonds is 5. The first kappa shape index (κ1) is 14.0. The zero-order chi connectivity index (χ0) is 14.0. The Labute approximate surface area is 116 Å². The van der Waals surface area contributed by atoms with Crippen molar-refractivity contribution in [3.05, 3.63) is 28.9 Å². The zero-order valence-corrected chi connectivity index (χ0v) is 12.6. The number of hydrogen-bond acceptors (Lipinski definition) is 5. The predicted octanol–water partition coefficient (Wildman–Crippen LogP) is 1.31. The smallest absolute Gasteiger partial charge is 0.271 e. The van der Waals surface area contributed by atoms with E-state index in [-0.39, 0.29) is 0 Å². The van der Waals surface area contributed by atoms with Crippen LogP contribution in [0.2, 0.25) is 0 Å². The first-order valence-electron chi connectivity index (χ1n) is 5.69. The molecule has 0 aliphatic rings. The first-order chi connectivity index (χ1) is 8.92. The molecule has 2 rings (SSSR count). The van der Waals surface area contributed by atoms with Crippen molar-refractivity contribution in [2.45, 2.75) is 17.7 Å². The van der Waals surface area contributed by atoms with E-state index in [0.717, 1.165) is 4.88 Å². The van der Waals surface area contributed by atoms with Crippen LogP contribution in [-0.2, 0) is 23.6 Å². The van der Waals surface area contributed by atoms with E-state index >= 15 is 0 Å². The molecule has 0 aliphatic carbocycles. The molecule has 2 N–H and O–H groups in total. The van der Waals surface area contributed by atoms with E-state index in [1.54, 1.807) is 30.9 Å². The molecule has 0 saturated carbocycles. The Bertz CT molecular complexity index is 673. The van der Waals surface area contributed by atoms with Crippen LogP contribution >= 0.6 is 11.3 Å². The van der Waals surface area contributed by atoms with Crippen molar-refractivity contribution >= 4 is 27.0 Å². The maximum atomic E-state index is 12.2. The van der Waals surface area contributed by atoms with E-state index in [2.05, 4.69) is 15.1 Å². The van der Waals surface area contributed by atoms with Crippen LogP contribution in [0, 0.1) is 6.92 Å². The second-order valence-corrected chi connectivity index (χ2v) is 7.24. The molecular formula is C11H16N4O2S2. The van der Waals surface area contributed by atoms with Crippen molar-refractivity contribution in [2.75, 3.05) is 11.8 Å². The minimum absolute atomic E-state index is 0.306. The number of aromatic nitrogens is 2. The fourth-order valence-electron chi connectivity index (χ4n) is 1.67. The van der Waals surface area contributed by atoms with Gasteiger partial charge in [0.15, 0.2) is 0 Å². The second-order valence-electron chi connectivity index (χ2n) is 4.16. The largest absolute Gasteiger partial charge is 0.315 e. The molecular weight excluding hydrogens is 284 g/mol. The number of thiophene rings is 1. The normalized spacial score (nSPS) is 11.7. The maximum absolute atomic E-state index is 12.2. The van der Waals surface area contributed by atoms with Gasteiger partial charge in [0.2, 0.25) is 0 Å². The van der Waals surface area contributed by atoms with Gasteiger partial charge >= 0.3 is 0 Å². The van der Waals surface area contributed by atoms with Crippen LogP contribution in [0.1, 0.15) is 10.6 Å². The molecule has 0 atom stereocenters.